The van der Waals surface area contributed by atoms with Crippen molar-refractivity contribution in [2.75, 3.05) is 0 Å². The van der Waals surface area contributed by atoms with E-state index in [1.54, 1.807) is 13.8 Å². The molecule has 7 nitrogen and oxygen atoms in total. The van der Waals surface area contributed by atoms with Crippen LogP contribution in [0, 0.1) is 20.2 Å². The lowest BCUT2D eigenvalue weighted by atomic mass is 10.1. The molecule has 0 aliphatic carbocycles. The summed E-state index contributed by atoms with van der Waals surface area (Å²) in [5.41, 5.74) is 0. The highest BCUT2D eigenvalue weighted by atomic mass is 79.9. The van der Waals surface area contributed by atoms with Crippen molar-refractivity contribution in [3.63, 3.8) is 0 Å². The van der Waals surface area contributed by atoms with Crippen molar-refractivity contribution in [2.45, 2.75) is 48.8 Å². The molecule has 0 amide bonds. The van der Waals surface area contributed by atoms with Gasteiger partial charge in [-0.3, -0.25) is 20.2 Å². The van der Waals surface area contributed by atoms with Crippen LogP contribution in [0.2, 0.25) is 0 Å². The molecule has 2 unspecified atom stereocenters. The van der Waals surface area contributed by atoms with Gasteiger partial charge in [-0.2, -0.15) is 0 Å². The minimum Gasteiger partial charge on any atom is -0.360 e. The molecule has 0 aromatic rings. The van der Waals surface area contributed by atoms with Crippen LogP contribution < -0.4 is 0 Å². The molecule has 100 valence electrons. The summed E-state index contributed by atoms with van der Waals surface area (Å²) in [6.45, 7) is 5.75. The molecule has 9 heteroatoms. The van der Waals surface area contributed by atoms with E-state index in [0.29, 0.717) is 0 Å². The van der Waals surface area contributed by atoms with E-state index in [4.69, 9.17) is 4.74 Å². The lowest BCUT2D eigenvalue weighted by Crippen LogP contribution is -2.56. The van der Waals surface area contributed by atoms with Gasteiger partial charge in [0.15, 0.2) is 0 Å². The van der Waals surface area contributed by atoms with Gasteiger partial charge in [0.1, 0.15) is 0 Å². The van der Waals surface area contributed by atoms with Crippen molar-refractivity contribution in [1.29, 1.82) is 0 Å². The third-order valence-electron chi connectivity index (χ3n) is 2.08. The van der Waals surface area contributed by atoms with E-state index in [-0.39, 0.29) is 6.10 Å². The lowest BCUT2D eigenvalue weighted by molar-refractivity contribution is -0.591. The standard InChI is InChI=1S/C8H14Br2N2O5/c1-5(2)17-6(7(3,9)11(13)14)8(4,10)12(15)16/h5-6H,1-4H3. The van der Waals surface area contributed by atoms with Gasteiger partial charge in [0, 0.05) is 55.6 Å². The summed E-state index contributed by atoms with van der Waals surface area (Å²) >= 11 is 5.77. The molecule has 0 aromatic carbocycles. The molecule has 0 rings (SSSR count). The molecule has 0 saturated heterocycles. The topological polar surface area (TPSA) is 95.5 Å². The smallest absolute Gasteiger partial charge is 0.305 e. The SMILES string of the molecule is CC(C)OC(C(C)(Br)[N+](=O)[O-])C(C)(Br)[N+](=O)[O-]. The molecule has 17 heavy (non-hydrogen) atoms. The van der Waals surface area contributed by atoms with E-state index >= 15 is 0 Å². The number of nitro groups is 2. The van der Waals surface area contributed by atoms with Crippen LogP contribution >= 0.6 is 31.9 Å². The first-order valence-electron chi connectivity index (χ1n) is 4.76. The van der Waals surface area contributed by atoms with Gasteiger partial charge in [0.2, 0.25) is 6.10 Å². The average molecular weight is 378 g/mol. The monoisotopic (exact) mass is 376 g/mol. The summed E-state index contributed by atoms with van der Waals surface area (Å²) < 4.78 is 1.80. The number of nitrogens with zero attached hydrogens (tertiary/aromatic N) is 2. The number of alkyl halides is 2. The van der Waals surface area contributed by atoms with Gasteiger partial charge in [-0.15, -0.1) is 0 Å². The van der Waals surface area contributed by atoms with E-state index in [1.807, 2.05) is 0 Å². The maximum Gasteiger partial charge on any atom is 0.305 e. The van der Waals surface area contributed by atoms with Gasteiger partial charge in [0.25, 0.3) is 0 Å². The Morgan fingerprint density at radius 3 is 1.53 bits per heavy atom. The number of hydrogen-bond acceptors (Lipinski definition) is 5. The Labute approximate surface area is 115 Å². The molecule has 0 spiro atoms. The Kier molecular flexibility index (Phi) is 5.48. The van der Waals surface area contributed by atoms with Crippen LogP contribution in [0.4, 0.5) is 0 Å². The molecule has 0 aliphatic rings. The highest BCUT2D eigenvalue weighted by Crippen LogP contribution is 2.38. The Morgan fingerprint density at radius 2 is 1.35 bits per heavy atom. The first kappa shape index (κ1) is 16.7. The normalized spacial score (nSPS) is 20.4. The van der Waals surface area contributed by atoms with Gasteiger partial charge < -0.3 is 4.74 Å². The molecule has 2 atom stereocenters. The lowest BCUT2D eigenvalue weighted by Gasteiger charge is -2.31. The molecule has 0 radical (unpaired) electrons. The predicted octanol–water partition coefficient (Wildman–Crippen LogP) is 2.56. The molecule has 0 heterocycles. The van der Waals surface area contributed by atoms with Crippen LogP contribution in [-0.4, -0.2) is 31.0 Å². The summed E-state index contributed by atoms with van der Waals surface area (Å²) in [6.07, 6.45) is -1.66. The third kappa shape index (κ3) is 3.85. The largest absolute Gasteiger partial charge is 0.360 e. The second-order valence-electron chi connectivity index (χ2n) is 4.13. The average Bonchev–Trinajstić information content (AvgIpc) is 2.12. The fourth-order valence-corrected chi connectivity index (χ4v) is 2.61. The second-order valence-corrected chi connectivity index (χ2v) is 7.34. The minimum absolute atomic E-state index is 0.381. The highest BCUT2D eigenvalue weighted by molar-refractivity contribution is 9.10. The van der Waals surface area contributed by atoms with Crippen molar-refractivity contribution in [3.05, 3.63) is 20.2 Å². The first-order valence-corrected chi connectivity index (χ1v) is 6.34. The Hall–Kier alpha value is -0.280. The Morgan fingerprint density at radius 1 is 1.06 bits per heavy atom. The summed E-state index contributed by atoms with van der Waals surface area (Å²) in [6, 6.07) is 0. The Balaban J connectivity index is 5.43. The zero-order valence-corrected chi connectivity index (χ0v) is 13.0. The third-order valence-corrected chi connectivity index (χ3v) is 3.49. The number of ether oxygens (including phenoxy) is 1. The molecular formula is C8H14Br2N2O5. The van der Waals surface area contributed by atoms with Crippen molar-refractivity contribution < 1.29 is 14.6 Å². The van der Waals surface area contributed by atoms with E-state index in [2.05, 4.69) is 31.9 Å². The van der Waals surface area contributed by atoms with Crippen LogP contribution in [-0.2, 0) is 4.74 Å². The molecule has 0 bridgehead atoms. The number of hydrogen-bond donors (Lipinski definition) is 0. The zero-order chi connectivity index (χ0) is 14.0. The molecule has 0 N–H and O–H groups in total. The van der Waals surface area contributed by atoms with Crippen molar-refractivity contribution in [1.82, 2.24) is 0 Å². The quantitative estimate of drug-likeness (QED) is 0.306. The van der Waals surface area contributed by atoms with Gasteiger partial charge in [-0.25, -0.2) is 0 Å². The molecule has 0 fully saturated rings. The van der Waals surface area contributed by atoms with E-state index < -0.39 is 24.8 Å². The maximum atomic E-state index is 10.9. The molecule has 0 saturated carbocycles. The highest BCUT2D eigenvalue weighted by Gasteiger charge is 2.60. The van der Waals surface area contributed by atoms with E-state index in [9.17, 15) is 20.2 Å². The van der Waals surface area contributed by atoms with Crippen LogP contribution in [0.5, 0.6) is 0 Å². The summed E-state index contributed by atoms with van der Waals surface area (Å²) in [7, 11) is 0. The number of halogens is 2. The molecule has 0 aromatic heterocycles. The van der Waals surface area contributed by atoms with Crippen LogP contribution in [0.15, 0.2) is 0 Å². The van der Waals surface area contributed by atoms with E-state index in [0.717, 1.165) is 0 Å². The number of rotatable bonds is 6. The molecular weight excluding hydrogens is 364 g/mol. The fraction of sp³-hybridized carbons (Fsp3) is 1.00. The predicted molar refractivity (Wildman–Crippen MR) is 68.7 cm³/mol. The van der Waals surface area contributed by atoms with Gasteiger partial charge in [-0.05, 0) is 13.8 Å². The fourth-order valence-electron chi connectivity index (χ4n) is 1.19. The second kappa shape index (κ2) is 5.57. The zero-order valence-electron chi connectivity index (χ0n) is 9.85. The van der Waals surface area contributed by atoms with Gasteiger partial charge >= 0.3 is 8.90 Å². The summed E-state index contributed by atoms with van der Waals surface area (Å²) in [5, 5.41) is 21.9. The van der Waals surface area contributed by atoms with Crippen molar-refractivity contribution in [2.24, 2.45) is 0 Å². The van der Waals surface area contributed by atoms with Crippen molar-refractivity contribution >= 4 is 31.9 Å². The molecule has 0 aliphatic heterocycles. The van der Waals surface area contributed by atoms with Gasteiger partial charge in [-0.1, -0.05) is 0 Å². The maximum absolute atomic E-state index is 10.9. The summed E-state index contributed by atoms with van der Waals surface area (Å²) in [5.74, 6) is 0. The first-order chi connectivity index (χ1) is 7.44. The minimum atomic E-state index is -1.76. The van der Waals surface area contributed by atoms with Crippen LogP contribution in [0.1, 0.15) is 27.7 Å². The van der Waals surface area contributed by atoms with Crippen LogP contribution in [0.3, 0.4) is 0 Å². The van der Waals surface area contributed by atoms with E-state index in [1.165, 1.54) is 13.8 Å². The van der Waals surface area contributed by atoms with Gasteiger partial charge in [0.05, 0.1) is 6.10 Å². The summed E-state index contributed by atoms with van der Waals surface area (Å²) in [4.78, 5) is 20.6. The Bertz CT molecular complexity index is 293. The van der Waals surface area contributed by atoms with Crippen LogP contribution in [0.25, 0.3) is 0 Å². The van der Waals surface area contributed by atoms with Crippen molar-refractivity contribution in [3.8, 4) is 0 Å².